The zero-order chi connectivity index (χ0) is 30.9. The average molecular weight is 609 g/mol. The molecule has 42 heavy (non-hydrogen) atoms. The summed E-state index contributed by atoms with van der Waals surface area (Å²) in [6.07, 6.45) is 2.38. The van der Waals surface area contributed by atoms with Gasteiger partial charge >= 0.3 is 5.97 Å². The molecule has 0 bridgehead atoms. The van der Waals surface area contributed by atoms with E-state index in [-0.39, 0.29) is 6.42 Å². The molecule has 0 unspecified atom stereocenters. The van der Waals surface area contributed by atoms with Gasteiger partial charge in [0, 0.05) is 6.42 Å². The Balaban J connectivity index is 1.66. The Kier molecular flexibility index (Phi) is 18.6. The fraction of sp³-hybridized carbons (Fsp3) is 0.967. The van der Waals surface area contributed by atoms with Gasteiger partial charge in [0.15, 0.2) is 18.7 Å². The molecule has 2 rings (SSSR count). The lowest BCUT2D eigenvalue weighted by molar-refractivity contribution is -0.376. The number of carbonyl (C=O) groups is 1. The van der Waals surface area contributed by atoms with E-state index in [9.17, 15) is 40.5 Å². The van der Waals surface area contributed by atoms with E-state index in [1.165, 1.54) is 70.6 Å². The van der Waals surface area contributed by atoms with Crippen molar-refractivity contribution < 1.29 is 59.5 Å². The van der Waals surface area contributed by atoms with Gasteiger partial charge in [-0.3, -0.25) is 4.79 Å². The van der Waals surface area contributed by atoms with Crippen molar-refractivity contribution in [3.05, 3.63) is 0 Å². The van der Waals surface area contributed by atoms with Crippen LogP contribution >= 0.6 is 0 Å². The predicted molar refractivity (Wildman–Crippen MR) is 152 cm³/mol. The molecule has 0 aromatic carbocycles. The van der Waals surface area contributed by atoms with E-state index in [1.807, 2.05) is 0 Å². The molecule has 0 aromatic heterocycles. The quantitative estimate of drug-likeness (QED) is 0.0732. The molecule has 2 aliphatic rings. The Morgan fingerprint density at radius 2 is 1.00 bits per heavy atom. The SMILES string of the molecule is CCCCCCCCCCCCCCCCCC(=O)O[C@@H]1[C@@H](O)[C@@H](O[C@H]2O[C@H](CO)[C@@H](O)[C@H](O)[C@H]2O)O[C@H](CO)[C@H]1O. The van der Waals surface area contributed by atoms with Crippen molar-refractivity contribution in [2.75, 3.05) is 13.2 Å². The maximum atomic E-state index is 12.5. The number of unbranched alkanes of at least 4 members (excludes halogenated alkanes) is 14. The summed E-state index contributed by atoms with van der Waals surface area (Å²) >= 11 is 0. The number of hydrogen-bond donors (Lipinski definition) is 7. The zero-order valence-corrected chi connectivity index (χ0v) is 25.2. The van der Waals surface area contributed by atoms with Crippen LogP contribution in [0.5, 0.6) is 0 Å². The highest BCUT2D eigenvalue weighted by molar-refractivity contribution is 5.69. The van der Waals surface area contributed by atoms with Crippen molar-refractivity contribution >= 4 is 5.97 Å². The minimum atomic E-state index is -1.76. The van der Waals surface area contributed by atoms with Gasteiger partial charge in [0.05, 0.1) is 13.2 Å². The minimum Gasteiger partial charge on any atom is -0.456 e. The Bertz CT molecular complexity index is 710. The topological polar surface area (TPSA) is 196 Å². The van der Waals surface area contributed by atoms with Gasteiger partial charge in [-0.1, -0.05) is 96.8 Å². The summed E-state index contributed by atoms with van der Waals surface area (Å²) < 4.78 is 21.5. The summed E-state index contributed by atoms with van der Waals surface area (Å²) in [5.74, 6) is -0.627. The van der Waals surface area contributed by atoms with Gasteiger partial charge < -0.3 is 54.7 Å². The fourth-order valence-corrected chi connectivity index (χ4v) is 5.47. The lowest BCUT2D eigenvalue weighted by Crippen LogP contribution is -2.64. The van der Waals surface area contributed by atoms with Gasteiger partial charge in [0.1, 0.15) is 42.7 Å². The second kappa shape index (κ2) is 20.9. The Hall–Kier alpha value is -0.930. The van der Waals surface area contributed by atoms with Crippen LogP contribution in [-0.4, -0.2) is 116 Å². The summed E-state index contributed by atoms with van der Waals surface area (Å²) in [6.45, 7) is 0.869. The van der Waals surface area contributed by atoms with Crippen molar-refractivity contribution in [2.45, 2.75) is 171 Å². The van der Waals surface area contributed by atoms with Crippen molar-refractivity contribution in [1.82, 2.24) is 0 Å². The minimum absolute atomic E-state index is 0.0943. The molecule has 2 aliphatic heterocycles. The molecule has 12 nitrogen and oxygen atoms in total. The highest BCUT2D eigenvalue weighted by Crippen LogP contribution is 2.29. The van der Waals surface area contributed by atoms with Gasteiger partial charge in [-0.25, -0.2) is 0 Å². The molecule has 12 heteroatoms. The highest BCUT2D eigenvalue weighted by Gasteiger charge is 2.51. The average Bonchev–Trinajstić information content (AvgIpc) is 2.98. The molecule has 0 saturated carbocycles. The monoisotopic (exact) mass is 608 g/mol. The third kappa shape index (κ3) is 12.2. The zero-order valence-electron chi connectivity index (χ0n) is 25.2. The van der Waals surface area contributed by atoms with Crippen LogP contribution in [0.1, 0.15) is 110 Å². The first-order chi connectivity index (χ1) is 20.2. The molecular weight excluding hydrogens is 552 g/mol. The van der Waals surface area contributed by atoms with Crippen LogP contribution in [0.3, 0.4) is 0 Å². The van der Waals surface area contributed by atoms with E-state index < -0.39 is 80.6 Å². The maximum Gasteiger partial charge on any atom is 0.306 e. The molecule has 0 aliphatic carbocycles. The van der Waals surface area contributed by atoms with E-state index in [0.29, 0.717) is 6.42 Å². The number of esters is 1. The molecule has 0 radical (unpaired) electrons. The molecule has 0 aromatic rings. The largest absolute Gasteiger partial charge is 0.456 e. The van der Waals surface area contributed by atoms with Gasteiger partial charge in [-0.2, -0.15) is 0 Å². The van der Waals surface area contributed by atoms with Crippen LogP contribution in [0.15, 0.2) is 0 Å². The molecule has 0 amide bonds. The second-order valence-corrected chi connectivity index (χ2v) is 11.7. The lowest BCUT2D eigenvalue weighted by Gasteiger charge is -2.45. The number of rotatable bonds is 21. The first-order valence-corrected chi connectivity index (χ1v) is 16.0. The van der Waals surface area contributed by atoms with Gasteiger partial charge in [0.25, 0.3) is 0 Å². The highest BCUT2D eigenvalue weighted by atomic mass is 16.8. The van der Waals surface area contributed by atoms with Gasteiger partial charge in [-0.15, -0.1) is 0 Å². The molecule has 248 valence electrons. The maximum absolute atomic E-state index is 12.5. The Morgan fingerprint density at radius 3 is 1.48 bits per heavy atom. The molecule has 0 spiro atoms. The fourth-order valence-electron chi connectivity index (χ4n) is 5.47. The standard InChI is InChI=1S/C30H56O12/c1-2-3-4-5-6-7-8-9-10-11-12-13-14-15-16-17-22(33)41-28-24(35)21(19-32)40-30(27(28)38)42-29-26(37)25(36)23(34)20(18-31)39-29/h20-21,23-32,34-38H,2-19H2,1H3/t20-,21-,23-,24-,25+,26-,27-,28+,29-,30-/m1/s1. The number of aliphatic hydroxyl groups is 7. The third-order valence-corrected chi connectivity index (χ3v) is 8.19. The molecule has 2 heterocycles. The summed E-state index contributed by atoms with van der Waals surface area (Å²) in [6, 6.07) is 0. The molecule has 2 fully saturated rings. The van der Waals surface area contributed by atoms with Crippen molar-refractivity contribution in [1.29, 1.82) is 0 Å². The Morgan fingerprint density at radius 1 is 0.571 bits per heavy atom. The number of hydrogen-bond acceptors (Lipinski definition) is 12. The molecular formula is C30H56O12. The van der Waals surface area contributed by atoms with E-state index >= 15 is 0 Å². The Labute approximate surface area is 249 Å². The van der Waals surface area contributed by atoms with Crippen molar-refractivity contribution in [2.24, 2.45) is 0 Å². The van der Waals surface area contributed by atoms with E-state index in [4.69, 9.17) is 18.9 Å². The number of ether oxygens (including phenoxy) is 4. The second-order valence-electron chi connectivity index (χ2n) is 11.7. The van der Waals surface area contributed by atoms with Crippen LogP contribution in [0.2, 0.25) is 0 Å². The molecule has 10 atom stereocenters. The van der Waals surface area contributed by atoms with Crippen LogP contribution in [0.25, 0.3) is 0 Å². The van der Waals surface area contributed by atoms with Gasteiger partial charge in [-0.05, 0) is 6.42 Å². The van der Waals surface area contributed by atoms with Crippen molar-refractivity contribution in [3.63, 3.8) is 0 Å². The van der Waals surface area contributed by atoms with Gasteiger partial charge in [0.2, 0.25) is 0 Å². The van der Waals surface area contributed by atoms with E-state index in [2.05, 4.69) is 6.92 Å². The van der Waals surface area contributed by atoms with E-state index in [0.717, 1.165) is 19.3 Å². The van der Waals surface area contributed by atoms with Crippen LogP contribution in [0, 0.1) is 0 Å². The first-order valence-electron chi connectivity index (χ1n) is 16.0. The van der Waals surface area contributed by atoms with Crippen LogP contribution in [-0.2, 0) is 23.7 Å². The number of aliphatic hydroxyl groups excluding tert-OH is 7. The predicted octanol–water partition coefficient (Wildman–Crippen LogP) is 1.42. The summed E-state index contributed by atoms with van der Waals surface area (Å²) in [7, 11) is 0. The first kappa shape index (κ1) is 37.3. The molecule has 7 N–H and O–H groups in total. The molecule has 2 saturated heterocycles. The van der Waals surface area contributed by atoms with Crippen LogP contribution < -0.4 is 0 Å². The smallest absolute Gasteiger partial charge is 0.306 e. The summed E-state index contributed by atoms with van der Waals surface area (Å²) in [4.78, 5) is 12.5. The summed E-state index contributed by atoms with van der Waals surface area (Å²) in [5.41, 5.74) is 0. The van der Waals surface area contributed by atoms with Crippen molar-refractivity contribution in [3.8, 4) is 0 Å². The lowest BCUT2D eigenvalue weighted by atomic mass is 9.98. The summed E-state index contributed by atoms with van der Waals surface area (Å²) in [5, 5.41) is 70.4. The third-order valence-electron chi connectivity index (χ3n) is 8.19. The van der Waals surface area contributed by atoms with Crippen LogP contribution in [0.4, 0.5) is 0 Å². The number of carbonyl (C=O) groups excluding carboxylic acids is 1. The normalized spacial score (nSPS) is 33.5. The van der Waals surface area contributed by atoms with E-state index in [1.54, 1.807) is 0 Å².